The Morgan fingerprint density at radius 1 is 1.41 bits per heavy atom. The first-order chi connectivity index (χ1) is 10.7. The van der Waals surface area contributed by atoms with Gasteiger partial charge in [0.1, 0.15) is 11.5 Å². The maximum absolute atomic E-state index is 12.3. The Morgan fingerprint density at radius 3 is 3.09 bits per heavy atom. The molecule has 2 aromatic rings. The van der Waals surface area contributed by atoms with E-state index in [4.69, 9.17) is 4.42 Å². The van der Waals surface area contributed by atoms with Crippen LogP contribution in [0.1, 0.15) is 41.2 Å². The minimum atomic E-state index is 0.0644. The van der Waals surface area contributed by atoms with Crippen LogP contribution in [0.15, 0.2) is 34.1 Å². The smallest absolute Gasteiger partial charge is 0.247 e. The first kappa shape index (κ1) is 13.8. The van der Waals surface area contributed by atoms with Gasteiger partial charge in [-0.3, -0.25) is 4.79 Å². The molecular formula is C18H19NO2S. The summed E-state index contributed by atoms with van der Waals surface area (Å²) in [5.74, 6) is 3.21. The van der Waals surface area contributed by atoms with E-state index in [0.29, 0.717) is 5.92 Å². The second kappa shape index (κ2) is 5.43. The van der Waals surface area contributed by atoms with Crippen molar-refractivity contribution in [1.29, 1.82) is 0 Å². The SMILES string of the molecule is CC1CC1c1ccc(/C=C/C(=O)N2CCc3sccc3C2)o1. The van der Waals surface area contributed by atoms with Crippen LogP contribution in [0.4, 0.5) is 0 Å². The van der Waals surface area contributed by atoms with E-state index in [9.17, 15) is 4.79 Å². The number of carbonyl (C=O) groups is 1. The van der Waals surface area contributed by atoms with Crippen LogP contribution in [0.2, 0.25) is 0 Å². The largest absolute Gasteiger partial charge is 0.461 e. The Kier molecular flexibility index (Phi) is 3.41. The Bertz CT molecular complexity index is 727. The van der Waals surface area contributed by atoms with E-state index in [1.54, 1.807) is 23.5 Å². The number of hydrogen-bond donors (Lipinski definition) is 0. The van der Waals surface area contributed by atoms with Gasteiger partial charge in [-0.15, -0.1) is 11.3 Å². The van der Waals surface area contributed by atoms with Crippen LogP contribution >= 0.6 is 11.3 Å². The number of fused-ring (bicyclic) bond motifs is 1. The number of hydrogen-bond acceptors (Lipinski definition) is 3. The monoisotopic (exact) mass is 313 g/mol. The van der Waals surface area contributed by atoms with Crippen LogP contribution in [0, 0.1) is 5.92 Å². The maximum Gasteiger partial charge on any atom is 0.247 e. The highest BCUT2D eigenvalue weighted by Gasteiger charge is 2.36. The Balaban J connectivity index is 1.40. The average molecular weight is 313 g/mol. The van der Waals surface area contributed by atoms with Gasteiger partial charge >= 0.3 is 0 Å². The molecule has 0 saturated heterocycles. The summed E-state index contributed by atoms with van der Waals surface area (Å²) < 4.78 is 5.80. The molecule has 2 aliphatic rings. The number of thiophene rings is 1. The second-order valence-corrected chi connectivity index (χ2v) is 7.27. The molecule has 2 aromatic heterocycles. The van der Waals surface area contributed by atoms with Gasteiger partial charge in [-0.1, -0.05) is 6.92 Å². The molecule has 0 radical (unpaired) electrons. The van der Waals surface area contributed by atoms with Crippen molar-refractivity contribution in [3.8, 4) is 0 Å². The first-order valence-electron chi connectivity index (χ1n) is 7.82. The van der Waals surface area contributed by atoms with Crippen molar-refractivity contribution in [3.05, 3.63) is 51.6 Å². The summed E-state index contributed by atoms with van der Waals surface area (Å²) in [6.07, 6.45) is 5.61. The van der Waals surface area contributed by atoms with Crippen molar-refractivity contribution < 1.29 is 9.21 Å². The highest BCUT2D eigenvalue weighted by molar-refractivity contribution is 7.10. The highest BCUT2D eigenvalue weighted by Crippen LogP contribution is 2.47. The number of carbonyl (C=O) groups excluding carboxylic acids is 1. The maximum atomic E-state index is 12.3. The summed E-state index contributed by atoms with van der Waals surface area (Å²) in [6, 6.07) is 6.12. The van der Waals surface area contributed by atoms with Crippen molar-refractivity contribution in [3.63, 3.8) is 0 Å². The van der Waals surface area contributed by atoms with Crippen LogP contribution in [0.25, 0.3) is 6.08 Å². The Labute approximate surface area is 134 Å². The summed E-state index contributed by atoms with van der Waals surface area (Å²) >= 11 is 1.79. The van der Waals surface area contributed by atoms with Gasteiger partial charge in [0.15, 0.2) is 0 Å². The number of nitrogens with zero attached hydrogens (tertiary/aromatic N) is 1. The molecule has 0 N–H and O–H groups in total. The van der Waals surface area contributed by atoms with Crippen LogP contribution in [-0.2, 0) is 17.8 Å². The van der Waals surface area contributed by atoms with Crippen LogP contribution in [0.3, 0.4) is 0 Å². The van der Waals surface area contributed by atoms with Crippen molar-refractivity contribution >= 4 is 23.3 Å². The minimum absolute atomic E-state index is 0.0644. The lowest BCUT2D eigenvalue weighted by molar-refractivity contribution is -0.126. The Morgan fingerprint density at radius 2 is 2.27 bits per heavy atom. The first-order valence-corrected chi connectivity index (χ1v) is 8.70. The molecule has 22 heavy (non-hydrogen) atoms. The van der Waals surface area contributed by atoms with E-state index in [1.165, 1.54) is 16.9 Å². The lowest BCUT2D eigenvalue weighted by Crippen LogP contribution is -2.34. The molecule has 0 spiro atoms. The third kappa shape index (κ3) is 2.63. The number of rotatable bonds is 3. The van der Waals surface area contributed by atoms with Crippen molar-refractivity contribution in [2.45, 2.75) is 32.2 Å². The lowest BCUT2D eigenvalue weighted by Gasteiger charge is -2.25. The lowest BCUT2D eigenvalue weighted by atomic mass is 10.1. The molecule has 4 rings (SSSR count). The molecule has 0 bridgehead atoms. The third-order valence-corrected chi connectivity index (χ3v) is 5.66. The van der Waals surface area contributed by atoms with Gasteiger partial charge in [-0.25, -0.2) is 0 Å². The predicted molar refractivity (Wildman–Crippen MR) is 87.7 cm³/mol. The van der Waals surface area contributed by atoms with Crippen LogP contribution in [0.5, 0.6) is 0 Å². The predicted octanol–water partition coefficient (Wildman–Crippen LogP) is 4.06. The van der Waals surface area contributed by atoms with E-state index in [0.717, 1.165) is 36.9 Å². The van der Waals surface area contributed by atoms with Crippen LogP contribution < -0.4 is 0 Å². The van der Waals surface area contributed by atoms with Crippen molar-refractivity contribution in [1.82, 2.24) is 4.90 Å². The molecule has 114 valence electrons. The quantitative estimate of drug-likeness (QED) is 0.801. The standard InChI is InChI=1S/C18H19NO2S/c1-12-10-15(12)16-4-2-14(21-16)3-5-18(20)19-8-6-17-13(11-19)7-9-22-17/h2-5,7,9,12,15H,6,8,10-11H2,1H3/b5-3+. The van der Waals surface area contributed by atoms with E-state index >= 15 is 0 Å². The van der Waals surface area contributed by atoms with Gasteiger partial charge in [0.05, 0.1) is 0 Å². The summed E-state index contributed by atoms with van der Waals surface area (Å²) in [6.45, 7) is 3.77. The van der Waals surface area contributed by atoms with E-state index in [2.05, 4.69) is 18.4 Å². The van der Waals surface area contributed by atoms with Crippen LogP contribution in [-0.4, -0.2) is 17.4 Å². The molecule has 3 nitrogen and oxygen atoms in total. The minimum Gasteiger partial charge on any atom is -0.461 e. The molecule has 1 aliphatic carbocycles. The zero-order valence-electron chi connectivity index (χ0n) is 12.6. The Hall–Kier alpha value is -1.81. The average Bonchev–Trinajstić information content (AvgIpc) is 2.97. The van der Waals surface area contributed by atoms with Gasteiger partial charge in [0, 0.05) is 30.0 Å². The van der Waals surface area contributed by atoms with Crippen molar-refractivity contribution in [2.24, 2.45) is 5.92 Å². The summed E-state index contributed by atoms with van der Waals surface area (Å²) in [5.41, 5.74) is 1.29. The normalized spacial score (nSPS) is 23.8. The van der Waals surface area contributed by atoms with Gasteiger partial charge in [0.25, 0.3) is 0 Å². The van der Waals surface area contributed by atoms with Gasteiger partial charge in [0.2, 0.25) is 5.91 Å². The van der Waals surface area contributed by atoms with E-state index in [1.807, 2.05) is 17.0 Å². The third-order valence-electron chi connectivity index (χ3n) is 4.63. The molecule has 1 amide bonds. The molecule has 1 fully saturated rings. The fraction of sp³-hybridized carbons (Fsp3) is 0.389. The highest BCUT2D eigenvalue weighted by atomic mass is 32.1. The summed E-state index contributed by atoms with van der Waals surface area (Å²) in [5, 5.41) is 2.11. The second-order valence-electron chi connectivity index (χ2n) is 6.27. The van der Waals surface area contributed by atoms with Crippen molar-refractivity contribution in [2.75, 3.05) is 6.54 Å². The fourth-order valence-electron chi connectivity index (χ4n) is 3.07. The zero-order chi connectivity index (χ0) is 15.1. The molecule has 2 atom stereocenters. The molecule has 4 heteroatoms. The molecule has 0 aromatic carbocycles. The zero-order valence-corrected chi connectivity index (χ0v) is 13.4. The number of amides is 1. The molecular weight excluding hydrogens is 294 g/mol. The van der Waals surface area contributed by atoms with E-state index < -0.39 is 0 Å². The summed E-state index contributed by atoms with van der Waals surface area (Å²) in [4.78, 5) is 15.6. The van der Waals surface area contributed by atoms with Gasteiger partial charge in [-0.2, -0.15) is 0 Å². The molecule has 1 aliphatic heterocycles. The van der Waals surface area contributed by atoms with Gasteiger partial charge in [-0.05, 0) is 54.0 Å². The number of furan rings is 1. The topological polar surface area (TPSA) is 33.5 Å². The van der Waals surface area contributed by atoms with Gasteiger partial charge < -0.3 is 9.32 Å². The molecule has 3 heterocycles. The fourth-order valence-corrected chi connectivity index (χ4v) is 3.96. The molecule has 2 unspecified atom stereocenters. The summed E-state index contributed by atoms with van der Waals surface area (Å²) in [7, 11) is 0. The van der Waals surface area contributed by atoms with E-state index in [-0.39, 0.29) is 5.91 Å². The molecule has 1 saturated carbocycles.